The first-order chi connectivity index (χ1) is 10.3. The fraction of sp³-hybridized carbons (Fsp3) is 0.267. The molecule has 0 fully saturated rings. The van der Waals surface area contributed by atoms with Gasteiger partial charge < -0.3 is 5.32 Å². The zero-order chi connectivity index (χ0) is 16.3. The molecule has 22 heavy (non-hydrogen) atoms. The monoisotopic (exact) mass is 323 g/mol. The molecule has 7 heteroatoms. The number of aromatic nitrogens is 1. The van der Waals surface area contributed by atoms with E-state index in [1.807, 2.05) is 13.8 Å². The standard InChI is InChI=1S/C15H18FN3O2S/c1-10(2)18-12-4-7-15(17-9-12)19-22(20,21)13-5-6-14(16)11(3)8-13/h4-10,18H,1-3H3,(H,17,19). The predicted octanol–water partition coefficient (Wildman–Crippen LogP) is 3.15. The van der Waals surface area contributed by atoms with E-state index in [4.69, 9.17) is 0 Å². The maximum Gasteiger partial charge on any atom is 0.263 e. The Hall–Kier alpha value is -2.15. The molecule has 0 spiro atoms. The van der Waals surface area contributed by atoms with E-state index >= 15 is 0 Å². The first-order valence-corrected chi connectivity index (χ1v) is 8.28. The average Bonchev–Trinajstić information content (AvgIpc) is 2.43. The molecule has 0 aliphatic carbocycles. The second kappa shape index (κ2) is 6.31. The Kier molecular flexibility index (Phi) is 4.65. The number of anilines is 2. The molecule has 0 amide bonds. The van der Waals surface area contributed by atoms with Gasteiger partial charge >= 0.3 is 0 Å². The Bertz CT molecular complexity index is 759. The third-order valence-electron chi connectivity index (χ3n) is 2.90. The summed E-state index contributed by atoms with van der Waals surface area (Å²) < 4.78 is 40.1. The quantitative estimate of drug-likeness (QED) is 0.887. The zero-order valence-corrected chi connectivity index (χ0v) is 13.4. The van der Waals surface area contributed by atoms with Crippen LogP contribution in [0.25, 0.3) is 0 Å². The lowest BCUT2D eigenvalue weighted by Gasteiger charge is -2.11. The van der Waals surface area contributed by atoms with Crippen molar-refractivity contribution in [2.45, 2.75) is 31.7 Å². The van der Waals surface area contributed by atoms with Crippen molar-refractivity contribution >= 4 is 21.5 Å². The number of benzene rings is 1. The van der Waals surface area contributed by atoms with E-state index in [0.717, 1.165) is 11.8 Å². The van der Waals surface area contributed by atoms with Crippen LogP contribution in [0.5, 0.6) is 0 Å². The van der Waals surface area contributed by atoms with Gasteiger partial charge in [0.25, 0.3) is 10.0 Å². The van der Waals surface area contributed by atoms with E-state index in [1.54, 1.807) is 18.3 Å². The molecular weight excluding hydrogens is 305 g/mol. The molecule has 0 saturated carbocycles. The Morgan fingerprint density at radius 1 is 1.18 bits per heavy atom. The summed E-state index contributed by atoms with van der Waals surface area (Å²) in [6, 6.07) is 7.20. The number of aryl methyl sites for hydroxylation is 1. The molecule has 1 aromatic carbocycles. The summed E-state index contributed by atoms with van der Waals surface area (Å²) in [5.74, 6) is -0.238. The number of nitrogens with one attached hydrogen (secondary N) is 2. The number of nitrogens with zero attached hydrogens (tertiary/aromatic N) is 1. The Balaban J connectivity index is 2.19. The van der Waals surface area contributed by atoms with Crippen molar-refractivity contribution in [2.24, 2.45) is 0 Å². The fourth-order valence-electron chi connectivity index (χ4n) is 1.85. The van der Waals surface area contributed by atoms with Gasteiger partial charge in [-0.25, -0.2) is 17.8 Å². The van der Waals surface area contributed by atoms with E-state index in [2.05, 4.69) is 15.0 Å². The Morgan fingerprint density at radius 2 is 1.91 bits per heavy atom. The van der Waals surface area contributed by atoms with E-state index in [0.29, 0.717) is 0 Å². The van der Waals surface area contributed by atoms with Gasteiger partial charge in [-0.3, -0.25) is 4.72 Å². The van der Waals surface area contributed by atoms with Crippen LogP contribution in [0.15, 0.2) is 41.4 Å². The second-order valence-electron chi connectivity index (χ2n) is 5.25. The van der Waals surface area contributed by atoms with Gasteiger partial charge in [0.05, 0.1) is 16.8 Å². The Morgan fingerprint density at radius 3 is 2.45 bits per heavy atom. The Labute approximate surface area is 129 Å². The molecule has 0 bridgehead atoms. The minimum absolute atomic E-state index is 0.00224. The number of hydrogen-bond acceptors (Lipinski definition) is 4. The van der Waals surface area contributed by atoms with Crippen LogP contribution in [0.2, 0.25) is 0 Å². The highest BCUT2D eigenvalue weighted by Crippen LogP contribution is 2.18. The van der Waals surface area contributed by atoms with Crippen LogP contribution in [0.3, 0.4) is 0 Å². The minimum Gasteiger partial charge on any atom is -0.382 e. The number of hydrogen-bond donors (Lipinski definition) is 2. The van der Waals surface area contributed by atoms with Gasteiger partial charge in [0.15, 0.2) is 0 Å². The zero-order valence-electron chi connectivity index (χ0n) is 12.6. The third kappa shape index (κ3) is 3.94. The van der Waals surface area contributed by atoms with Crippen LogP contribution in [0, 0.1) is 12.7 Å². The highest BCUT2D eigenvalue weighted by atomic mass is 32.2. The predicted molar refractivity (Wildman–Crippen MR) is 84.9 cm³/mol. The van der Waals surface area contributed by atoms with Gasteiger partial charge in [0.2, 0.25) is 0 Å². The van der Waals surface area contributed by atoms with E-state index in [-0.39, 0.29) is 22.3 Å². The number of halogens is 1. The molecule has 2 N–H and O–H groups in total. The number of pyridine rings is 1. The maximum absolute atomic E-state index is 13.2. The van der Waals surface area contributed by atoms with Crippen LogP contribution in [0.1, 0.15) is 19.4 Å². The van der Waals surface area contributed by atoms with Crippen LogP contribution < -0.4 is 10.0 Å². The molecule has 0 saturated heterocycles. The molecule has 2 aromatic rings. The van der Waals surface area contributed by atoms with Gasteiger partial charge in [-0.1, -0.05) is 0 Å². The highest BCUT2D eigenvalue weighted by molar-refractivity contribution is 7.92. The molecule has 1 aromatic heterocycles. The van der Waals surface area contributed by atoms with Gasteiger partial charge in [-0.2, -0.15) is 0 Å². The topological polar surface area (TPSA) is 71.1 Å². The van der Waals surface area contributed by atoms with Gasteiger partial charge in [-0.05, 0) is 56.7 Å². The van der Waals surface area contributed by atoms with Gasteiger partial charge in [-0.15, -0.1) is 0 Å². The summed E-state index contributed by atoms with van der Waals surface area (Å²) in [5.41, 5.74) is 1.07. The molecule has 2 rings (SSSR count). The first kappa shape index (κ1) is 16.2. The molecule has 0 radical (unpaired) electrons. The molecule has 0 aliphatic rings. The van der Waals surface area contributed by atoms with Gasteiger partial charge in [0.1, 0.15) is 11.6 Å². The summed E-state index contributed by atoms with van der Waals surface area (Å²) in [5, 5.41) is 3.16. The van der Waals surface area contributed by atoms with E-state index in [1.165, 1.54) is 19.1 Å². The SMILES string of the molecule is Cc1cc(S(=O)(=O)Nc2ccc(NC(C)C)cn2)ccc1F. The summed E-state index contributed by atoms with van der Waals surface area (Å²) in [4.78, 5) is 4.05. The van der Waals surface area contributed by atoms with E-state index < -0.39 is 15.8 Å². The second-order valence-corrected chi connectivity index (χ2v) is 6.93. The van der Waals surface area contributed by atoms with Crippen LogP contribution in [-0.2, 0) is 10.0 Å². The van der Waals surface area contributed by atoms with Crippen molar-refractivity contribution < 1.29 is 12.8 Å². The average molecular weight is 323 g/mol. The van der Waals surface area contributed by atoms with Gasteiger partial charge in [0, 0.05) is 6.04 Å². The third-order valence-corrected chi connectivity index (χ3v) is 4.25. The van der Waals surface area contributed by atoms with Crippen molar-refractivity contribution in [1.82, 2.24) is 4.98 Å². The lowest BCUT2D eigenvalue weighted by atomic mass is 10.2. The molecular formula is C15H18FN3O2S. The lowest BCUT2D eigenvalue weighted by molar-refractivity contribution is 0.598. The normalized spacial score (nSPS) is 11.5. The molecule has 118 valence electrons. The lowest BCUT2D eigenvalue weighted by Crippen LogP contribution is -2.15. The van der Waals surface area contributed by atoms with E-state index in [9.17, 15) is 12.8 Å². The summed E-state index contributed by atoms with van der Waals surface area (Å²) >= 11 is 0. The summed E-state index contributed by atoms with van der Waals surface area (Å²) in [6.45, 7) is 5.50. The molecule has 5 nitrogen and oxygen atoms in total. The van der Waals surface area contributed by atoms with Crippen molar-refractivity contribution in [3.8, 4) is 0 Å². The van der Waals surface area contributed by atoms with Crippen molar-refractivity contribution in [2.75, 3.05) is 10.0 Å². The smallest absolute Gasteiger partial charge is 0.263 e. The fourth-order valence-corrected chi connectivity index (χ4v) is 2.95. The number of sulfonamides is 1. The van der Waals surface area contributed by atoms with Crippen molar-refractivity contribution in [3.05, 3.63) is 47.9 Å². The number of rotatable bonds is 5. The largest absolute Gasteiger partial charge is 0.382 e. The minimum atomic E-state index is -3.79. The maximum atomic E-state index is 13.2. The summed E-state index contributed by atoms with van der Waals surface area (Å²) in [7, 11) is -3.79. The molecule has 0 unspecified atom stereocenters. The summed E-state index contributed by atoms with van der Waals surface area (Å²) in [6.07, 6.45) is 1.55. The molecule has 1 heterocycles. The van der Waals surface area contributed by atoms with Crippen molar-refractivity contribution in [3.63, 3.8) is 0 Å². The highest BCUT2D eigenvalue weighted by Gasteiger charge is 2.16. The molecule has 0 atom stereocenters. The molecule has 0 aliphatic heterocycles. The van der Waals surface area contributed by atoms with Crippen LogP contribution >= 0.6 is 0 Å². The van der Waals surface area contributed by atoms with Crippen molar-refractivity contribution in [1.29, 1.82) is 0 Å². The first-order valence-electron chi connectivity index (χ1n) is 6.79. The van der Waals surface area contributed by atoms with Crippen LogP contribution in [-0.4, -0.2) is 19.4 Å². The van der Waals surface area contributed by atoms with Crippen LogP contribution in [0.4, 0.5) is 15.9 Å².